The third kappa shape index (κ3) is 3.25. The number of carbonyl (C=O) groups is 1. The van der Waals surface area contributed by atoms with E-state index in [1.807, 2.05) is 60.1 Å². The molecule has 2 unspecified atom stereocenters. The molecule has 0 aliphatic rings. The molecule has 1 N–H and O–H groups in total. The van der Waals surface area contributed by atoms with Gasteiger partial charge in [0.15, 0.2) is 0 Å². The molecule has 0 bridgehead atoms. The average molecular weight is 363 g/mol. The lowest BCUT2D eigenvalue weighted by atomic mass is 10.1. The summed E-state index contributed by atoms with van der Waals surface area (Å²) < 4.78 is 3.66. The van der Waals surface area contributed by atoms with Gasteiger partial charge in [0.25, 0.3) is 0 Å². The van der Waals surface area contributed by atoms with Crippen molar-refractivity contribution < 1.29 is 4.79 Å². The molecule has 0 aliphatic heterocycles. The third-order valence-corrected chi connectivity index (χ3v) is 4.68. The van der Waals surface area contributed by atoms with Crippen LogP contribution >= 0.6 is 0 Å². The Hall–Kier alpha value is -3.29. The number of hydrogen-bond donors (Lipinski definition) is 1. The van der Waals surface area contributed by atoms with E-state index >= 15 is 0 Å². The summed E-state index contributed by atoms with van der Waals surface area (Å²) in [6.07, 6.45) is 0.679. The van der Waals surface area contributed by atoms with Crippen LogP contribution in [0.5, 0.6) is 0 Å². The second kappa shape index (κ2) is 7.14. The summed E-state index contributed by atoms with van der Waals surface area (Å²) in [6.45, 7) is 3.89. The number of para-hydroxylation sites is 2. The zero-order valence-corrected chi connectivity index (χ0v) is 15.3. The van der Waals surface area contributed by atoms with Crippen molar-refractivity contribution in [3.8, 4) is 0 Å². The molecule has 2 heterocycles. The summed E-state index contributed by atoms with van der Waals surface area (Å²) in [6, 6.07) is 15.6. The van der Waals surface area contributed by atoms with E-state index in [0.29, 0.717) is 12.8 Å². The van der Waals surface area contributed by atoms with E-state index in [-0.39, 0.29) is 18.1 Å². The molecule has 2 atom stereocenters. The van der Waals surface area contributed by atoms with Gasteiger partial charge in [-0.25, -0.2) is 9.36 Å². The molecule has 0 radical (unpaired) electrons. The third-order valence-electron chi connectivity index (χ3n) is 4.68. The van der Waals surface area contributed by atoms with Crippen LogP contribution in [-0.2, 0) is 4.79 Å². The van der Waals surface area contributed by atoms with Crippen LogP contribution in [0, 0.1) is 0 Å². The van der Waals surface area contributed by atoms with E-state index < -0.39 is 0 Å². The topological polar surface area (TPSA) is 90.5 Å². The number of nitrogens with zero attached hydrogens (tertiary/aromatic N) is 6. The van der Waals surface area contributed by atoms with Gasteiger partial charge in [0.05, 0.1) is 17.1 Å². The first-order chi connectivity index (χ1) is 13.2. The molecule has 8 heteroatoms. The Bertz CT molecular complexity index is 1080. The second-order valence-electron chi connectivity index (χ2n) is 6.57. The smallest absolute Gasteiger partial charge is 0.221 e. The van der Waals surface area contributed by atoms with Gasteiger partial charge in [0.1, 0.15) is 17.2 Å². The zero-order valence-electron chi connectivity index (χ0n) is 15.3. The molecule has 2 aromatic heterocycles. The van der Waals surface area contributed by atoms with Gasteiger partial charge < -0.3 is 5.32 Å². The van der Waals surface area contributed by atoms with Gasteiger partial charge in [0.2, 0.25) is 5.91 Å². The van der Waals surface area contributed by atoms with E-state index in [1.54, 1.807) is 4.68 Å². The highest BCUT2D eigenvalue weighted by Crippen LogP contribution is 2.24. The lowest BCUT2D eigenvalue weighted by Crippen LogP contribution is -2.34. The number of rotatable bonds is 6. The van der Waals surface area contributed by atoms with Crippen molar-refractivity contribution in [3.63, 3.8) is 0 Å². The first-order valence-electron chi connectivity index (χ1n) is 9.06. The van der Waals surface area contributed by atoms with E-state index in [2.05, 4.69) is 32.9 Å². The Morgan fingerprint density at radius 2 is 1.52 bits per heavy atom. The van der Waals surface area contributed by atoms with Crippen LogP contribution in [0.2, 0.25) is 0 Å². The zero-order chi connectivity index (χ0) is 18.8. The molecule has 0 fully saturated rings. The summed E-state index contributed by atoms with van der Waals surface area (Å²) >= 11 is 0. The molecule has 27 heavy (non-hydrogen) atoms. The van der Waals surface area contributed by atoms with Crippen molar-refractivity contribution >= 4 is 28.0 Å². The highest BCUT2D eigenvalue weighted by atomic mass is 16.1. The second-order valence-corrected chi connectivity index (χ2v) is 6.57. The predicted molar refractivity (Wildman–Crippen MR) is 102 cm³/mol. The van der Waals surface area contributed by atoms with Crippen LogP contribution in [-0.4, -0.2) is 35.9 Å². The molecule has 4 rings (SSSR count). The number of hydrogen-bond acceptors (Lipinski definition) is 5. The van der Waals surface area contributed by atoms with Crippen molar-refractivity contribution in [2.75, 3.05) is 0 Å². The molecule has 8 nitrogen and oxygen atoms in total. The van der Waals surface area contributed by atoms with Crippen molar-refractivity contribution in [1.82, 2.24) is 35.3 Å². The molecule has 0 spiro atoms. The maximum absolute atomic E-state index is 12.1. The van der Waals surface area contributed by atoms with Gasteiger partial charge in [-0.2, -0.15) is 0 Å². The van der Waals surface area contributed by atoms with Crippen molar-refractivity contribution in [1.29, 1.82) is 0 Å². The Balaban J connectivity index is 1.68. The number of aromatic nitrogens is 6. The molecule has 4 aromatic rings. The minimum absolute atomic E-state index is 0.00233. The largest absolute Gasteiger partial charge is 0.334 e. The summed E-state index contributed by atoms with van der Waals surface area (Å²) in [7, 11) is 0. The lowest BCUT2D eigenvalue weighted by Gasteiger charge is -2.23. The molecule has 0 aliphatic carbocycles. The highest BCUT2D eigenvalue weighted by Gasteiger charge is 2.22. The van der Waals surface area contributed by atoms with Crippen LogP contribution in [0.25, 0.3) is 22.1 Å². The van der Waals surface area contributed by atoms with Crippen molar-refractivity contribution in [2.24, 2.45) is 0 Å². The fourth-order valence-electron chi connectivity index (χ4n) is 3.26. The van der Waals surface area contributed by atoms with E-state index in [0.717, 1.165) is 22.1 Å². The van der Waals surface area contributed by atoms with Crippen molar-refractivity contribution in [3.05, 3.63) is 48.5 Å². The maximum atomic E-state index is 12.1. The van der Waals surface area contributed by atoms with E-state index in [1.165, 1.54) is 0 Å². The van der Waals surface area contributed by atoms with Gasteiger partial charge in [-0.1, -0.05) is 41.6 Å². The quantitative estimate of drug-likeness (QED) is 0.569. The van der Waals surface area contributed by atoms with Crippen LogP contribution in [0.3, 0.4) is 0 Å². The maximum Gasteiger partial charge on any atom is 0.221 e. The number of carbonyl (C=O) groups excluding carboxylic acids is 1. The number of benzene rings is 2. The standard InChI is InChI=1S/C19H21N7O/c1-3-19(27)20-18(26-17-11-7-5-9-15(17)22-24-26)12-13(2)25-16-10-6-4-8-14(16)21-23-25/h4-11,13,18H,3,12H2,1-2H3,(H,20,27). The molecule has 0 saturated heterocycles. The number of amides is 1. The van der Waals surface area contributed by atoms with Crippen molar-refractivity contribution in [2.45, 2.75) is 38.9 Å². The highest BCUT2D eigenvalue weighted by molar-refractivity contribution is 5.77. The fourth-order valence-corrected chi connectivity index (χ4v) is 3.26. The SMILES string of the molecule is CCC(=O)NC(CC(C)n1nnc2ccccc21)n1nnc2ccccc21. The Morgan fingerprint density at radius 1 is 0.963 bits per heavy atom. The number of nitrogens with one attached hydrogen (secondary N) is 1. The summed E-state index contributed by atoms with van der Waals surface area (Å²) in [5.41, 5.74) is 3.50. The lowest BCUT2D eigenvalue weighted by molar-refractivity contribution is -0.122. The Morgan fingerprint density at radius 3 is 2.15 bits per heavy atom. The van der Waals surface area contributed by atoms with Gasteiger partial charge in [-0.3, -0.25) is 4.79 Å². The molecule has 138 valence electrons. The molecule has 0 saturated carbocycles. The Kier molecular flexibility index (Phi) is 4.53. The summed E-state index contributed by atoms with van der Waals surface area (Å²) in [4.78, 5) is 12.1. The summed E-state index contributed by atoms with van der Waals surface area (Å²) in [5, 5.41) is 20.1. The number of fused-ring (bicyclic) bond motifs is 2. The van der Waals surface area contributed by atoms with E-state index in [4.69, 9.17) is 0 Å². The molecule has 2 aromatic carbocycles. The van der Waals surface area contributed by atoms with Crippen LogP contribution in [0.15, 0.2) is 48.5 Å². The minimum atomic E-state index is -0.331. The monoisotopic (exact) mass is 363 g/mol. The van der Waals surface area contributed by atoms with Crippen LogP contribution < -0.4 is 5.32 Å². The van der Waals surface area contributed by atoms with Crippen LogP contribution in [0.4, 0.5) is 0 Å². The minimum Gasteiger partial charge on any atom is -0.334 e. The van der Waals surface area contributed by atoms with E-state index in [9.17, 15) is 4.79 Å². The Labute approximate surface area is 156 Å². The molecular weight excluding hydrogens is 342 g/mol. The fraction of sp³-hybridized carbons (Fsp3) is 0.316. The van der Waals surface area contributed by atoms with Crippen LogP contribution in [0.1, 0.15) is 38.9 Å². The first kappa shape index (κ1) is 17.1. The van der Waals surface area contributed by atoms with Gasteiger partial charge >= 0.3 is 0 Å². The average Bonchev–Trinajstić information content (AvgIpc) is 3.31. The van der Waals surface area contributed by atoms with Gasteiger partial charge in [-0.05, 0) is 31.2 Å². The molecular formula is C19H21N7O. The predicted octanol–water partition coefficient (Wildman–Crippen LogP) is 2.85. The molecule has 1 amide bonds. The van der Waals surface area contributed by atoms with Gasteiger partial charge in [0, 0.05) is 12.8 Å². The summed E-state index contributed by atoms with van der Waals surface area (Å²) in [5.74, 6) is -0.0322. The van der Waals surface area contributed by atoms with Gasteiger partial charge in [-0.15, -0.1) is 10.2 Å². The first-order valence-corrected chi connectivity index (χ1v) is 9.06. The normalized spacial score (nSPS) is 13.7.